The molecule has 0 spiro atoms. The maximum absolute atomic E-state index is 11.9. The third-order valence-electron chi connectivity index (χ3n) is 3.67. The minimum absolute atomic E-state index is 0.267. The summed E-state index contributed by atoms with van der Waals surface area (Å²) in [5.41, 5.74) is -1.17. The molecule has 0 radical (unpaired) electrons. The molecule has 0 bridgehead atoms. The Morgan fingerprint density at radius 1 is 1.25 bits per heavy atom. The smallest absolute Gasteiger partial charge is 0.389 e. The summed E-state index contributed by atoms with van der Waals surface area (Å²) in [5.74, 6) is 0.523. The number of halogens is 3. The van der Waals surface area contributed by atoms with E-state index in [0.29, 0.717) is 18.8 Å². The highest BCUT2D eigenvalue weighted by Crippen LogP contribution is 2.33. The highest BCUT2D eigenvalue weighted by molar-refractivity contribution is 7.87. The highest BCUT2D eigenvalue weighted by atomic mass is 32.2. The van der Waals surface area contributed by atoms with Crippen molar-refractivity contribution in [3.8, 4) is 0 Å². The lowest BCUT2D eigenvalue weighted by atomic mass is 9.78. The quantitative estimate of drug-likeness (QED) is 0.691. The van der Waals surface area contributed by atoms with E-state index in [9.17, 15) is 26.7 Å². The van der Waals surface area contributed by atoms with Crippen LogP contribution in [0.15, 0.2) is 0 Å². The first kappa shape index (κ1) is 17.7. The van der Waals surface area contributed by atoms with Crippen molar-refractivity contribution in [1.82, 2.24) is 9.44 Å². The minimum atomic E-state index is -4.61. The second-order valence-electron chi connectivity index (χ2n) is 5.34. The van der Waals surface area contributed by atoms with Crippen LogP contribution in [-0.2, 0) is 10.2 Å². The molecule has 20 heavy (non-hydrogen) atoms. The summed E-state index contributed by atoms with van der Waals surface area (Å²) < 4.78 is 61.9. The van der Waals surface area contributed by atoms with Gasteiger partial charge in [-0.3, -0.25) is 0 Å². The standard InChI is InChI=1S/C11H21F3N2O3S/c1-2-9-3-5-10(17,6-4-9)7-15-20(18,19)16-8-11(12,13)14/h9,15-17H,2-8H2,1H3. The maximum atomic E-state index is 11.9. The van der Waals surface area contributed by atoms with E-state index >= 15 is 0 Å². The molecule has 1 saturated carbocycles. The molecule has 0 aromatic carbocycles. The molecule has 0 amide bonds. The predicted molar refractivity (Wildman–Crippen MR) is 68.2 cm³/mol. The molecule has 1 rings (SSSR count). The van der Waals surface area contributed by atoms with E-state index in [-0.39, 0.29) is 6.54 Å². The summed E-state index contributed by atoms with van der Waals surface area (Å²) in [7, 11) is -4.25. The van der Waals surface area contributed by atoms with Gasteiger partial charge in [0.2, 0.25) is 0 Å². The summed E-state index contributed by atoms with van der Waals surface area (Å²) in [6, 6.07) is 0. The molecular weight excluding hydrogens is 297 g/mol. The van der Waals surface area contributed by atoms with Crippen molar-refractivity contribution in [3.05, 3.63) is 0 Å². The van der Waals surface area contributed by atoms with Crippen LogP contribution in [0.1, 0.15) is 39.0 Å². The Labute approximate surface area is 117 Å². The molecular formula is C11H21F3N2O3S. The molecule has 9 heteroatoms. The predicted octanol–water partition coefficient (Wildman–Crippen LogP) is 1.30. The van der Waals surface area contributed by atoms with Gasteiger partial charge in [-0.05, 0) is 31.6 Å². The van der Waals surface area contributed by atoms with E-state index in [4.69, 9.17) is 0 Å². The molecule has 0 atom stereocenters. The van der Waals surface area contributed by atoms with Gasteiger partial charge in [-0.15, -0.1) is 0 Å². The Balaban J connectivity index is 2.42. The average Bonchev–Trinajstić information content (AvgIpc) is 2.35. The van der Waals surface area contributed by atoms with Gasteiger partial charge in [0.1, 0.15) is 6.54 Å². The lowest BCUT2D eigenvalue weighted by Gasteiger charge is -2.35. The zero-order chi connectivity index (χ0) is 15.4. The zero-order valence-corrected chi connectivity index (χ0v) is 12.1. The van der Waals surface area contributed by atoms with Crippen molar-refractivity contribution in [2.45, 2.75) is 50.8 Å². The van der Waals surface area contributed by atoms with E-state index in [0.717, 1.165) is 19.3 Å². The van der Waals surface area contributed by atoms with Gasteiger partial charge >= 0.3 is 6.18 Å². The van der Waals surface area contributed by atoms with Crippen LogP contribution in [0.25, 0.3) is 0 Å². The van der Waals surface area contributed by atoms with Gasteiger partial charge in [0.15, 0.2) is 0 Å². The van der Waals surface area contributed by atoms with Crippen LogP contribution in [0, 0.1) is 5.92 Å². The fourth-order valence-corrected chi connectivity index (χ4v) is 3.17. The molecule has 0 heterocycles. The second-order valence-corrected chi connectivity index (χ2v) is 6.92. The number of alkyl halides is 3. The fourth-order valence-electron chi connectivity index (χ4n) is 2.26. The van der Waals surface area contributed by atoms with Crippen LogP contribution in [0.4, 0.5) is 13.2 Å². The Morgan fingerprint density at radius 2 is 1.80 bits per heavy atom. The summed E-state index contributed by atoms with van der Waals surface area (Å²) >= 11 is 0. The van der Waals surface area contributed by atoms with Crippen LogP contribution in [0.3, 0.4) is 0 Å². The van der Waals surface area contributed by atoms with Gasteiger partial charge < -0.3 is 5.11 Å². The van der Waals surface area contributed by atoms with Crippen molar-refractivity contribution in [3.63, 3.8) is 0 Å². The van der Waals surface area contributed by atoms with E-state index in [2.05, 4.69) is 6.92 Å². The van der Waals surface area contributed by atoms with E-state index in [1.54, 1.807) is 0 Å². The molecule has 0 aliphatic heterocycles. The van der Waals surface area contributed by atoms with Gasteiger partial charge in [0, 0.05) is 6.54 Å². The monoisotopic (exact) mass is 318 g/mol. The van der Waals surface area contributed by atoms with Crippen molar-refractivity contribution in [2.75, 3.05) is 13.1 Å². The molecule has 3 N–H and O–H groups in total. The van der Waals surface area contributed by atoms with Gasteiger partial charge in [-0.1, -0.05) is 13.3 Å². The fraction of sp³-hybridized carbons (Fsp3) is 1.00. The number of aliphatic hydroxyl groups is 1. The molecule has 5 nitrogen and oxygen atoms in total. The number of rotatable bonds is 6. The van der Waals surface area contributed by atoms with Crippen LogP contribution >= 0.6 is 0 Å². The van der Waals surface area contributed by atoms with E-state index < -0.39 is 28.5 Å². The van der Waals surface area contributed by atoms with Crippen molar-refractivity contribution >= 4 is 10.2 Å². The second kappa shape index (κ2) is 6.59. The number of hydrogen-bond acceptors (Lipinski definition) is 3. The first-order chi connectivity index (χ1) is 9.05. The molecule has 1 aliphatic rings. The van der Waals surface area contributed by atoms with Crippen LogP contribution < -0.4 is 9.44 Å². The summed E-state index contributed by atoms with van der Waals surface area (Å²) in [4.78, 5) is 0. The average molecular weight is 318 g/mol. The van der Waals surface area contributed by atoms with Gasteiger partial charge in [0.25, 0.3) is 10.2 Å². The zero-order valence-electron chi connectivity index (χ0n) is 11.3. The largest absolute Gasteiger partial charge is 0.402 e. The highest BCUT2D eigenvalue weighted by Gasteiger charge is 2.34. The number of hydrogen-bond donors (Lipinski definition) is 3. The first-order valence-corrected chi connectivity index (χ1v) is 8.07. The molecule has 0 aromatic rings. The van der Waals surface area contributed by atoms with Gasteiger partial charge in [-0.2, -0.15) is 31.0 Å². The third kappa shape index (κ3) is 6.38. The normalized spacial score (nSPS) is 28.6. The molecule has 120 valence electrons. The molecule has 0 aromatic heterocycles. The Morgan fingerprint density at radius 3 is 2.25 bits per heavy atom. The van der Waals surface area contributed by atoms with Gasteiger partial charge in [0.05, 0.1) is 5.60 Å². The first-order valence-electron chi connectivity index (χ1n) is 6.59. The van der Waals surface area contributed by atoms with Gasteiger partial charge in [-0.25, -0.2) is 0 Å². The summed E-state index contributed by atoms with van der Waals surface area (Å²) in [6.45, 7) is 0.161. The number of nitrogens with one attached hydrogen (secondary N) is 2. The van der Waals surface area contributed by atoms with Crippen molar-refractivity contribution in [2.24, 2.45) is 5.92 Å². The molecule has 1 aliphatic carbocycles. The minimum Gasteiger partial charge on any atom is -0.389 e. The lowest BCUT2D eigenvalue weighted by molar-refractivity contribution is -0.121. The summed E-state index contributed by atoms with van der Waals surface area (Å²) in [5, 5.41) is 10.2. The molecule has 0 saturated heterocycles. The van der Waals surface area contributed by atoms with Crippen LogP contribution in [-0.4, -0.2) is 38.4 Å². The summed E-state index contributed by atoms with van der Waals surface area (Å²) in [6.07, 6.45) is -1.10. The Bertz CT molecular complexity index is 404. The van der Waals surface area contributed by atoms with E-state index in [1.807, 2.05) is 4.72 Å². The molecule has 1 fully saturated rings. The maximum Gasteiger partial charge on any atom is 0.402 e. The van der Waals surface area contributed by atoms with Crippen LogP contribution in [0.2, 0.25) is 0 Å². The van der Waals surface area contributed by atoms with Crippen LogP contribution in [0.5, 0.6) is 0 Å². The SMILES string of the molecule is CCC1CCC(O)(CNS(=O)(=O)NCC(F)(F)F)CC1. The Kier molecular flexibility index (Phi) is 5.82. The third-order valence-corrected chi connectivity index (χ3v) is 4.72. The van der Waals surface area contributed by atoms with Crippen molar-refractivity contribution in [1.29, 1.82) is 0 Å². The Hall–Kier alpha value is -0.380. The molecule has 0 unspecified atom stereocenters. The van der Waals surface area contributed by atoms with Crippen molar-refractivity contribution < 1.29 is 26.7 Å². The lowest BCUT2D eigenvalue weighted by Crippen LogP contribution is -2.49. The topological polar surface area (TPSA) is 78.4 Å². The van der Waals surface area contributed by atoms with E-state index in [1.165, 1.54) is 4.72 Å².